The Kier molecular flexibility index (Phi) is 9.41. The second-order valence-corrected chi connectivity index (χ2v) is 6.76. The number of nitro benzene ring substituents is 1. The molecule has 0 amide bonds. The Bertz CT molecular complexity index is 859. The van der Waals surface area contributed by atoms with Crippen molar-refractivity contribution in [2.45, 2.75) is 32.9 Å². The molecular formula is C22H30N4O5. The predicted octanol–water partition coefficient (Wildman–Crippen LogP) is 3.66. The van der Waals surface area contributed by atoms with Crippen molar-refractivity contribution in [1.29, 1.82) is 0 Å². The van der Waals surface area contributed by atoms with Crippen LogP contribution in [-0.4, -0.2) is 38.8 Å². The number of methoxy groups -OCH3 is 3. The highest BCUT2D eigenvalue weighted by Crippen LogP contribution is 2.38. The van der Waals surface area contributed by atoms with Crippen LogP contribution in [0.2, 0.25) is 0 Å². The molecule has 0 aliphatic carbocycles. The van der Waals surface area contributed by atoms with Crippen molar-refractivity contribution in [1.82, 2.24) is 10.6 Å². The van der Waals surface area contributed by atoms with Gasteiger partial charge in [-0.15, -0.1) is 0 Å². The maximum atomic E-state index is 10.8. The number of hydrogen-bond acceptors (Lipinski definition) is 6. The fraction of sp³-hybridized carbons (Fsp3) is 0.409. The topological polar surface area (TPSA) is 107 Å². The maximum absolute atomic E-state index is 10.8. The molecule has 2 aromatic carbocycles. The minimum atomic E-state index is -0.409. The summed E-state index contributed by atoms with van der Waals surface area (Å²) in [6.07, 6.45) is 2.08. The molecule has 2 aromatic rings. The molecule has 0 saturated heterocycles. The maximum Gasteiger partial charge on any atom is 0.269 e. The van der Waals surface area contributed by atoms with E-state index in [0.29, 0.717) is 36.3 Å². The molecule has 0 unspecified atom stereocenters. The molecule has 0 fully saturated rings. The fourth-order valence-corrected chi connectivity index (χ4v) is 2.88. The molecule has 0 spiro atoms. The molecular weight excluding hydrogens is 400 g/mol. The fourth-order valence-electron chi connectivity index (χ4n) is 2.88. The van der Waals surface area contributed by atoms with Crippen LogP contribution in [0.5, 0.6) is 17.2 Å². The van der Waals surface area contributed by atoms with E-state index in [4.69, 9.17) is 14.2 Å². The zero-order valence-electron chi connectivity index (χ0n) is 18.4. The molecule has 2 N–H and O–H groups in total. The minimum absolute atomic E-state index is 0.0705. The second kappa shape index (κ2) is 12.3. The van der Waals surface area contributed by atoms with Gasteiger partial charge < -0.3 is 24.8 Å². The third-order valence-electron chi connectivity index (χ3n) is 4.57. The Morgan fingerprint density at radius 3 is 2.16 bits per heavy atom. The van der Waals surface area contributed by atoms with Crippen molar-refractivity contribution in [2.24, 2.45) is 4.99 Å². The first kappa shape index (κ1) is 23.8. The van der Waals surface area contributed by atoms with Gasteiger partial charge in [0, 0.05) is 25.2 Å². The summed E-state index contributed by atoms with van der Waals surface area (Å²) < 4.78 is 16.2. The summed E-state index contributed by atoms with van der Waals surface area (Å²) in [5.74, 6) is 2.34. The van der Waals surface area contributed by atoms with Gasteiger partial charge in [0.2, 0.25) is 5.75 Å². The molecule has 31 heavy (non-hydrogen) atoms. The van der Waals surface area contributed by atoms with E-state index in [2.05, 4.69) is 22.5 Å². The number of hydrogen-bond donors (Lipinski definition) is 2. The predicted molar refractivity (Wildman–Crippen MR) is 120 cm³/mol. The van der Waals surface area contributed by atoms with Crippen LogP contribution in [0.15, 0.2) is 41.4 Å². The van der Waals surface area contributed by atoms with Gasteiger partial charge in [0.05, 0.1) is 32.8 Å². The van der Waals surface area contributed by atoms with Crippen molar-refractivity contribution in [3.8, 4) is 17.2 Å². The van der Waals surface area contributed by atoms with Crippen molar-refractivity contribution in [3.05, 3.63) is 57.6 Å². The number of nitro groups is 1. The first-order chi connectivity index (χ1) is 15.0. The first-order valence-electron chi connectivity index (χ1n) is 10.1. The van der Waals surface area contributed by atoms with Gasteiger partial charge in [-0.25, -0.2) is 4.99 Å². The van der Waals surface area contributed by atoms with Crippen molar-refractivity contribution in [2.75, 3.05) is 27.9 Å². The summed E-state index contributed by atoms with van der Waals surface area (Å²) >= 11 is 0. The van der Waals surface area contributed by atoms with E-state index in [1.54, 1.807) is 33.5 Å². The molecule has 2 rings (SSSR count). The summed E-state index contributed by atoms with van der Waals surface area (Å²) in [6.45, 7) is 3.81. The Hall–Kier alpha value is -3.49. The number of rotatable bonds is 11. The summed E-state index contributed by atoms with van der Waals surface area (Å²) in [6, 6.07) is 10.2. The third kappa shape index (κ3) is 7.06. The third-order valence-corrected chi connectivity index (χ3v) is 4.57. The van der Waals surface area contributed by atoms with Crippen molar-refractivity contribution < 1.29 is 19.1 Å². The van der Waals surface area contributed by atoms with Crippen LogP contribution in [0, 0.1) is 10.1 Å². The number of guanidine groups is 1. The van der Waals surface area contributed by atoms with Crippen LogP contribution >= 0.6 is 0 Å². The average molecular weight is 431 g/mol. The molecule has 0 saturated carbocycles. The van der Waals surface area contributed by atoms with E-state index in [1.165, 1.54) is 12.1 Å². The van der Waals surface area contributed by atoms with Gasteiger partial charge in [0.25, 0.3) is 5.69 Å². The highest BCUT2D eigenvalue weighted by Gasteiger charge is 2.13. The Balaban J connectivity index is 2.14. The largest absolute Gasteiger partial charge is 0.493 e. The number of benzene rings is 2. The summed E-state index contributed by atoms with van der Waals surface area (Å²) in [7, 11) is 4.72. The molecule has 168 valence electrons. The molecule has 0 heterocycles. The molecule has 0 atom stereocenters. The van der Waals surface area contributed by atoms with E-state index in [1.807, 2.05) is 12.1 Å². The SMILES string of the molecule is CCCCNC(=NCc1cc(OC)c(OC)c(OC)c1)NCc1ccc([N+](=O)[O-])cc1. The number of unbranched alkanes of at least 4 members (excludes halogenated alkanes) is 1. The quantitative estimate of drug-likeness (QED) is 0.184. The lowest BCUT2D eigenvalue weighted by molar-refractivity contribution is -0.384. The van der Waals surface area contributed by atoms with Gasteiger partial charge in [0.1, 0.15) is 0 Å². The monoisotopic (exact) mass is 430 g/mol. The molecule has 0 aliphatic heterocycles. The number of ether oxygens (including phenoxy) is 3. The van der Waals surface area contributed by atoms with E-state index >= 15 is 0 Å². The highest BCUT2D eigenvalue weighted by atomic mass is 16.6. The van der Waals surface area contributed by atoms with Gasteiger partial charge in [-0.05, 0) is 29.7 Å². The Labute approximate surface area is 182 Å². The first-order valence-corrected chi connectivity index (χ1v) is 10.1. The number of nitrogens with one attached hydrogen (secondary N) is 2. The standard InChI is InChI=1S/C22H30N4O5/c1-5-6-11-23-22(24-14-16-7-9-18(10-8-16)26(27)28)25-15-17-12-19(29-2)21(31-4)20(13-17)30-3/h7-10,12-13H,5-6,11,14-15H2,1-4H3,(H2,23,24,25). The lowest BCUT2D eigenvalue weighted by Gasteiger charge is -2.15. The zero-order valence-corrected chi connectivity index (χ0v) is 18.4. The molecule has 9 nitrogen and oxygen atoms in total. The summed E-state index contributed by atoms with van der Waals surface area (Å²) in [5.41, 5.74) is 1.89. The van der Waals surface area contributed by atoms with Crippen molar-refractivity contribution >= 4 is 11.6 Å². The number of aliphatic imine (C=N–C) groups is 1. The summed E-state index contributed by atoms with van der Waals surface area (Å²) in [4.78, 5) is 15.1. The lowest BCUT2D eigenvalue weighted by atomic mass is 10.2. The van der Waals surface area contributed by atoms with Gasteiger partial charge in [-0.1, -0.05) is 25.5 Å². The van der Waals surface area contributed by atoms with Crippen LogP contribution in [0.1, 0.15) is 30.9 Å². The normalized spacial score (nSPS) is 11.0. The Morgan fingerprint density at radius 1 is 1.00 bits per heavy atom. The van der Waals surface area contributed by atoms with E-state index < -0.39 is 4.92 Å². The second-order valence-electron chi connectivity index (χ2n) is 6.76. The minimum Gasteiger partial charge on any atom is -0.493 e. The molecule has 9 heteroatoms. The smallest absolute Gasteiger partial charge is 0.269 e. The Morgan fingerprint density at radius 2 is 1.65 bits per heavy atom. The van der Waals surface area contributed by atoms with Gasteiger partial charge in [-0.3, -0.25) is 10.1 Å². The molecule has 0 aliphatic rings. The van der Waals surface area contributed by atoms with Crippen LogP contribution in [0.3, 0.4) is 0 Å². The lowest BCUT2D eigenvalue weighted by Crippen LogP contribution is -2.37. The highest BCUT2D eigenvalue weighted by molar-refractivity contribution is 5.79. The van der Waals surface area contributed by atoms with E-state index in [-0.39, 0.29) is 5.69 Å². The average Bonchev–Trinajstić information content (AvgIpc) is 2.79. The van der Waals surface area contributed by atoms with Crippen LogP contribution < -0.4 is 24.8 Å². The van der Waals surface area contributed by atoms with E-state index in [0.717, 1.165) is 30.5 Å². The number of non-ortho nitro benzene ring substituents is 1. The van der Waals surface area contributed by atoms with Gasteiger partial charge >= 0.3 is 0 Å². The molecule has 0 bridgehead atoms. The van der Waals surface area contributed by atoms with Crippen LogP contribution in [-0.2, 0) is 13.1 Å². The van der Waals surface area contributed by atoms with Crippen LogP contribution in [0.25, 0.3) is 0 Å². The van der Waals surface area contributed by atoms with Gasteiger partial charge in [0.15, 0.2) is 17.5 Å². The molecule has 0 aromatic heterocycles. The van der Waals surface area contributed by atoms with Crippen LogP contribution in [0.4, 0.5) is 5.69 Å². The number of nitrogens with zero attached hydrogens (tertiary/aromatic N) is 2. The zero-order chi connectivity index (χ0) is 22.6. The van der Waals surface area contributed by atoms with Crippen molar-refractivity contribution in [3.63, 3.8) is 0 Å². The van der Waals surface area contributed by atoms with E-state index in [9.17, 15) is 10.1 Å². The molecule has 0 radical (unpaired) electrons. The van der Waals surface area contributed by atoms with Gasteiger partial charge in [-0.2, -0.15) is 0 Å². The summed E-state index contributed by atoms with van der Waals surface area (Å²) in [5, 5.41) is 17.4.